The molecular formula is C15H21F3N2O3. The van der Waals surface area contributed by atoms with Crippen molar-refractivity contribution in [3.8, 4) is 5.75 Å². The maximum absolute atomic E-state index is 12.9. The number of amides is 1. The first-order chi connectivity index (χ1) is 10.6. The SMILES string of the molecule is Cc1ccccc1OCC(O)CN(C)C(CC(N)=O)C(F)(F)F. The van der Waals surface area contributed by atoms with Crippen LogP contribution in [-0.4, -0.2) is 54.4 Å². The monoisotopic (exact) mass is 334 g/mol. The first kappa shape index (κ1) is 19.2. The number of nitrogens with zero attached hydrogens (tertiary/aromatic N) is 1. The molecule has 0 aromatic heterocycles. The minimum Gasteiger partial charge on any atom is -0.491 e. The van der Waals surface area contributed by atoms with Crippen molar-refractivity contribution in [1.82, 2.24) is 4.90 Å². The van der Waals surface area contributed by atoms with Crippen LogP contribution in [0, 0.1) is 6.92 Å². The molecule has 2 atom stereocenters. The summed E-state index contributed by atoms with van der Waals surface area (Å²) in [6.45, 7) is 1.36. The van der Waals surface area contributed by atoms with Gasteiger partial charge in [-0.3, -0.25) is 9.69 Å². The third-order valence-corrected chi connectivity index (χ3v) is 3.33. The first-order valence-electron chi connectivity index (χ1n) is 7.03. The molecule has 130 valence electrons. The molecule has 5 nitrogen and oxygen atoms in total. The number of para-hydroxylation sites is 1. The average Bonchev–Trinajstić information content (AvgIpc) is 2.42. The summed E-state index contributed by atoms with van der Waals surface area (Å²) < 4.78 is 44.2. The number of ether oxygens (including phenoxy) is 1. The fourth-order valence-electron chi connectivity index (χ4n) is 2.13. The molecule has 0 spiro atoms. The van der Waals surface area contributed by atoms with E-state index in [4.69, 9.17) is 10.5 Å². The summed E-state index contributed by atoms with van der Waals surface area (Å²) in [5.41, 5.74) is 5.71. The summed E-state index contributed by atoms with van der Waals surface area (Å²) >= 11 is 0. The Morgan fingerprint density at radius 1 is 1.39 bits per heavy atom. The van der Waals surface area contributed by atoms with Gasteiger partial charge in [0.15, 0.2) is 0 Å². The number of rotatable bonds is 8. The van der Waals surface area contributed by atoms with E-state index in [1.54, 1.807) is 12.1 Å². The summed E-state index contributed by atoms with van der Waals surface area (Å²) in [6.07, 6.45) is -6.61. The molecule has 0 aliphatic heterocycles. The van der Waals surface area contributed by atoms with Crippen LogP contribution in [0.3, 0.4) is 0 Å². The van der Waals surface area contributed by atoms with E-state index in [0.717, 1.165) is 10.5 Å². The Morgan fingerprint density at radius 2 is 2.00 bits per heavy atom. The van der Waals surface area contributed by atoms with Crippen LogP contribution in [0.4, 0.5) is 13.2 Å². The van der Waals surface area contributed by atoms with Gasteiger partial charge in [-0.1, -0.05) is 18.2 Å². The number of likely N-dealkylation sites (N-methyl/N-ethyl adjacent to an activating group) is 1. The smallest absolute Gasteiger partial charge is 0.404 e. The number of aryl methyl sites for hydroxylation is 1. The van der Waals surface area contributed by atoms with Gasteiger partial charge in [-0.15, -0.1) is 0 Å². The Morgan fingerprint density at radius 3 is 2.52 bits per heavy atom. The summed E-state index contributed by atoms with van der Waals surface area (Å²) in [4.78, 5) is 11.7. The number of halogens is 3. The summed E-state index contributed by atoms with van der Waals surface area (Å²) in [6, 6.07) is 5.07. The molecule has 2 unspecified atom stereocenters. The van der Waals surface area contributed by atoms with E-state index in [2.05, 4.69) is 0 Å². The van der Waals surface area contributed by atoms with Gasteiger partial charge in [-0.05, 0) is 25.6 Å². The number of carbonyl (C=O) groups excluding carboxylic acids is 1. The van der Waals surface area contributed by atoms with Crippen LogP contribution in [-0.2, 0) is 4.79 Å². The molecule has 1 rings (SSSR count). The maximum Gasteiger partial charge on any atom is 0.404 e. The van der Waals surface area contributed by atoms with Gasteiger partial charge in [0, 0.05) is 6.54 Å². The Balaban J connectivity index is 2.58. The highest BCUT2D eigenvalue weighted by Gasteiger charge is 2.43. The highest BCUT2D eigenvalue weighted by molar-refractivity contribution is 5.74. The second kappa shape index (κ2) is 8.16. The number of carbonyl (C=O) groups is 1. The van der Waals surface area contributed by atoms with E-state index >= 15 is 0 Å². The zero-order valence-electron chi connectivity index (χ0n) is 13.0. The number of hydrogen-bond acceptors (Lipinski definition) is 4. The topological polar surface area (TPSA) is 75.8 Å². The quantitative estimate of drug-likeness (QED) is 0.755. The van der Waals surface area contributed by atoms with Crippen LogP contribution in [0.5, 0.6) is 5.75 Å². The van der Waals surface area contributed by atoms with E-state index in [9.17, 15) is 23.1 Å². The number of aliphatic hydroxyl groups excluding tert-OH is 1. The van der Waals surface area contributed by atoms with Crippen molar-refractivity contribution < 1.29 is 27.8 Å². The fraction of sp³-hybridized carbons (Fsp3) is 0.533. The minimum atomic E-state index is -4.61. The molecule has 1 amide bonds. The molecule has 3 N–H and O–H groups in total. The second-order valence-electron chi connectivity index (χ2n) is 5.40. The third kappa shape index (κ3) is 6.45. The maximum atomic E-state index is 12.9. The standard InChI is InChI=1S/C15H21F3N2O3/c1-10-5-3-4-6-12(10)23-9-11(21)8-20(2)13(7-14(19)22)15(16,17)18/h3-6,11,13,21H,7-9H2,1-2H3,(H2,19,22). The van der Waals surface area contributed by atoms with Gasteiger partial charge in [0.2, 0.25) is 5.91 Å². The normalized spacial score (nSPS) is 14.6. The fourth-order valence-corrected chi connectivity index (χ4v) is 2.13. The van der Waals surface area contributed by atoms with Gasteiger partial charge < -0.3 is 15.6 Å². The predicted octanol–water partition coefficient (Wildman–Crippen LogP) is 1.47. The molecule has 0 saturated carbocycles. The Kier molecular flexibility index (Phi) is 6.83. The molecule has 0 heterocycles. The molecule has 0 saturated heterocycles. The van der Waals surface area contributed by atoms with E-state index in [1.807, 2.05) is 19.1 Å². The van der Waals surface area contributed by atoms with E-state index < -0.39 is 30.7 Å². The molecule has 23 heavy (non-hydrogen) atoms. The van der Waals surface area contributed by atoms with Gasteiger partial charge in [0.25, 0.3) is 0 Å². The highest BCUT2D eigenvalue weighted by atomic mass is 19.4. The summed E-state index contributed by atoms with van der Waals surface area (Å²) in [7, 11) is 1.18. The molecule has 0 bridgehead atoms. The Labute approximate surface area is 132 Å². The second-order valence-corrected chi connectivity index (χ2v) is 5.40. The summed E-state index contributed by atoms with van der Waals surface area (Å²) in [5, 5.41) is 9.87. The largest absolute Gasteiger partial charge is 0.491 e. The lowest BCUT2D eigenvalue weighted by atomic mass is 10.1. The zero-order valence-corrected chi connectivity index (χ0v) is 13.0. The lowest BCUT2D eigenvalue weighted by Gasteiger charge is -2.30. The average molecular weight is 334 g/mol. The van der Waals surface area contributed by atoms with Crippen molar-refractivity contribution >= 4 is 5.91 Å². The van der Waals surface area contributed by atoms with Crippen molar-refractivity contribution in [2.45, 2.75) is 31.7 Å². The van der Waals surface area contributed by atoms with Crippen LogP contribution in [0.1, 0.15) is 12.0 Å². The first-order valence-corrected chi connectivity index (χ1v) is 7.03. The van der Waals surface area contributed by atoms with Crippen LogP contribution in [0.25, 0.3) is 0 Å². The molecule has 0 fully saturated rings. The van der Waals surface area contributed by atoms with Crippen molar-refractivity contribution in [3.05, 3.63) is 29.8 Å². The predicted molar refractivity (Wildman–Crippen MR) is 79.0 cm³/mol. The minimum absolute atomic E-state index is 0.156. The van der Waals surface area contributed by atoms with Crippen molar-refractivity contribution in [1.29, 1.82) is 0 Å². The Hall–Kier alpha value is -1.80. The van der Waals surface area contributed by atoms with Crippen LogP contribution >= 0.6 is 0 Å². The molecule has 8 heteroatoms. The van der Waals surface area contributed by atoms with Crippen LogP contribution < -0.4 is 10.5 Å². The van der Waals surface area contributed by atoms with Crippen LogP contribution in [0.15, 0.2) is 24.3 Å². The third-order valence-electron chi connectivity index (χ3n) is 3.33. The number of primary amides is 1. The lowest BCUT2D eigenvalue weighted by molar-refractivity contribution is -0.186. The van der Waals surface area contributed by atoms with E-state index in [-0.39, 0.29) is 13.2 Å². The lowest BCUT2D eigenvalue weighted by Crippen LogP contribution is -2.49. The number of hydrogen-bond donors (Lipinski definition) is 2. The van der Waals surface area contributed by atoms with E-state index in [1.165, 1.54) is 7.05 Å². The molecule has 0 aliphatic rings. The van der Waals surface area contributed by atoms with Crippen LogP contribution in [0.2, 0.25) is 0 Å². The number of alkyl halides is 3. The summed E-state index contributed by atoms with van der Waals surface area (Å²) in [5.74, 6) is -0.497. The molecule has 0 aliphatic carbocycles. The molecule has 0 radical (unpaired) electrons. The zero-order chi connectivity index (χ0) is 17.6. The van der Waals surface area contributed by atoms with Crippen molar-refractivity contribution in [2.24, 2.45) is 5.73 Å². The van der Waals surface area contributed by atoms with Crippen molar-refractivity contribution in [2.75, 3.05) is 20.2 Å². The molecule has 1 aromatic carbocycles. The van der Waals surface area contributed by atoms with Gasteiger partial charge in [-0.25, -0.2) is 0 Å². The highest BCUT2D eigenvalue weighted by Crippen LogP contribution is 2.26. The van der Waals surface area contributed by atoms with E-state index in [0.29, 0.717) is 5.75 Å². The molecular weight excluding hydrogens is 313 g/mol. The number of benzene rings is 1. The van der Waals surface area contributed by atoms with Gasteiger partial charge in [-0.2, -0.15) is 13.2 Å². The number of nitrogens with two attached hydrogens (primary N) is 1. The van der Waals surface area contributed by atoms with Gasteiger partial charge >= 0.3 is 6.18 Å². The van der Waals surface area contributed by atoms with Crippen molar-refractivity contribution in [3.63, 3.8) is 0 Å². The molecule has 1 aromatic rings. The van der Waals surface area contributed by atoms with Gasteiger partial charge in [0.1, 0.15) is 24.5 Å². The Bertz CT molecular complexity index is 523. The van der Waals surface area contributed by atoms with Gasteiger partial charge in [0.05, 0.1) is 6.42 Å². The number of aliphatic hydroxyl groups is 1.